The van der Waals surface area contributed by atoms with Crippen LogP contribution in [-0.4, -0.2) is 10.5 Å². The van der Waals surface area contributed by atoms with Crippen LogP contribution in [-0.2, 0) is 18.4 Å². The molecule has 0 aliphatic rings. The highest BCUT2D eigenvalue weighted by molar-refractivity contribution is 14.1. The number of nitrogens with zero attached hydrogens (tertiary/aromatic N) is 2. The fourth-order valence-corrected chi connectivity index (χ4v) is 4.63. The number of fused-ring (bicyclic) bond motifs is 3. The van der Waals surface area contributed by atoms with E-state index in [0.717, 1.165) is 16.9 Å². The number of hydrogen-bond acceptors (Lipinski definition) is 2. The number of benzene rings is 3. The Morgan fingerprint density at radius 1 is 0.938 bits per heavy atom. The number of pyridine rings is 1. The topological polar surface area (TPSA) is 35.1 Å². The Kier molecular flexibility index (Phi) is 5.43. The van der Waals surface area contributed by atoms with Crippen LogP contribution in [0.1, 0.15) is 21.5 Å². The van der Waals surface area contributed by atoms with E-state index in [2.05, 4.69) is 70.5 Å². The number of esters is 1. The van der Waals surface area contributed by atoms with Gasteiger partial charge in [0.15, 0.2) is 0 Å². The van der Waals surface area contributed by atoms with Gasteiger partial charge in [-0.1, -0.05) is 42.5 Å². The molecule has 2 heterocycles. The SMILES string of the molecule is Cc1c(I)ccc2c3ccccc3n(-c3ccc(C(=O)OCc4ccccc4)c[n+]3C)c12. The molecule has 4 nitrogen and oxygen atoms in total. The van der Waals surface area contributed by atoms with Gasteiger partial charge in [-0.2, -0.15) is 4.57 Å². The van der Waals surface area contributed by atoms with E-state index in [1.54, 1.807) is 0 Å². The Bertz CT molecular complexity index is 1470. The lowest BCUT2D eigenvalue weighted by Crippen LogP contribution is -2.34. The molecule has 0 saturated heterocycles. The van der Waals surface area contributed by atoms with Gasteiger partial charge in [-0.15, -0.1) is 0 Å². The van der Waals surface area contributed by atoms with Crippen molar-refractivity contribution in [3.8, 4) is 5.82 Å². The van der Waals surface area contributed by atoms with Crippen molar-refractivity contribution in [1.29, 1.82) is 0 Å². The summed E-state index contributed by atoms with van der Waals surface area (Å²) in [5.74, 6) is 0.657. The van der Waals surface area contributed by atoms with Crippen LogP contribution in [0.4, 0.5) is 0 Å². The molecule has 5 aromatic rings. The van der Waals surface area contributed by atoms with Gasteiger partial charge in [0.05, 0.1) is 12.6 Å². The summed E-state index contributed by atoms with van der Waals surface area (Å²) in [7, 11) is 1.97. The molecule has 0 amide bonds. The maximum absolute atomic E-state index is 12.6. The van der Waals surface area contributed by atoms with Gasteiger partial charge < -0.3 is 4.74 Å². The van der Waals surface area contributed by atoms with Crippen molar-refractivity contribution in [3.05, 3.63) is 105 Å². The van der Waals surface area contributed by atoms with E-state index >= 15 is 0 Å². The van der Waals surface area contributed by atoms with Crippen molar-refractivity contribution >= 4 is 50.4 Å². The predicted octanol–water partition coefficient (Wildman–Crippen LogP) is 5.88. The van der Waals surface area contributed by atoms with E-state index in [1.807, 2.05) is 60.3 Å². The maximum Gasteiger partial charge on any atom is 0.342 e. The smallest absolute Gasteiger partial charge is 0.342 e. The Balaban J connectivity index is 1.57. The van der Waals surface area contributed by atoms with Gasteiger partial charge in [-0.05, 0) is 65.4 Å². The summed E-state index contributed by atoms with van der Waals surface area (Å²) < 4.78 is 11.0. The zero-order valence-electron chi connectivity index (χ0n) is 17.9. The second kappa shape index (κ2) is 8.39. The van der Waals surface area contributed by atoms with Crippen LogP contribution in [0.5, 0.6) is 0 Å². The quantitative estimate of drug-likeness (QED) is 0.164. The average Bonchev–Trinajstić information content (AvgIpc) is 3.15. The number of aryl methyl sites for hydroxylation is 2. The van der Waals surface area contributed by atoms with Gasteiger partial charge in [0.25, 0.3) is 5.82 Å². The van der Waals surface area contributed by atoms with E-state index < -0.39 is 0 Å². The normalized spacial score (nSPS) is 11.2. The molecule has 32 heavy (non-hydrogen) atoms. The molecular formula is C27H22IN2O2+. The summed E-state index contributed by atoms with van der Waals surface area (Å²) >= 11 is 2.39. The van der Waals surface area contributed by atoms with Crippen molar-refractivity contribution in [3.63, 3.8) is 0 Å². The maximum atomic E-state index is 12.6. The van der Waals surface area contributed by atoms with E-state index in [1.165, 1.54) is 25.4 Å². The molecule has 0 N–H and O–H groups in total. The van der Waals surface area contributed by atoms with Crippen molar-refractivity contribution in [1.82, 2.24) is 4.57 Å². The molecule has 0 unspecified atom stereocenters. The number of aromatic nitrogens is 2. The molecule has 3 aromatic carbocycles. The third kappa shape index (κ3) is 3.56. The second-order valence-corrected chi connectivity index (χ2v) is 9.03. The zero-order chi connectivity index (χ0) is 22.2. The highest BCUT2D eigenvalue weighted by atomic mass is 127. The third-order valence-corrected chi connectivity index (χ3v) is 6.98. The largest absolute Gasteiger partial charge is 0.457 e. The Morgan fingerprint density at radius 2 is 1.69 bits per heavy atom. The summed E-state index contributed by atoms with van der Waals surface area (Å²) in [6.45, 7) is 2.42. The van der Waals surface area contributed by atoms with Gasteiger partial charge in [0, 0.05) is 26.0 Å². The average molecular weight is 533 g/mol. The van der Waals surface area contributed by atoms with E-state index in [4.69, 9.17) is 4.74 Å². The highest BCUT2D eigenvalue weighted by Gasteiger charge is 2.24. The number of hydrogen-bond donors (Lipinski definition) is 0. The van der Waals surface area contributed by atoms with Crippen molar-refractivity contribution in [2.75, 3.05) is 0 Å². The lowest BCUT2D eigenvalue weighted by molar-refractivity contribution is -0.665. The molecule has 0 spiro atoms. The molecule has 2 aromatic heterocycles. The summed E-state index contributed by atoms with van der Waals surface area (Å²) in [5, 5.41) is 2.44. The highest BCUT2D eigenvalue weighted by Crippen LogP contribution is 2.34. The van der Waals surface area contributed by atoms with Crippen LogP contribution in [0, 0.1) is 10.5 Å². The standard InChI is InChI=1S/C27H22IN2O2/c1-18-23(28)14-13-22-21-10-6-7-11-24(21)30(26(18)22)25-15-12-20(16-29(25)2)27(31)32-17-19-8-4-3-5-9-19/h3-16H,17H2,1-2H3/q+1. The molecule has 0 atom stereocenters. The molecule has 5 rings (SSSR count). The van der Waals surface area contributed by atoms with Crippen molar-refractivity contribution in [2.45, 2.75) is 13.5 Å². The summed E-state index contributed by atoms with van der Waals surface area (Å²) in [4.78, 5) is 12.6. The van der Waals surface area contributed by atoms with Crippen LogP contribution in [0.3, 0.4) is 0 Å². The van der Waals surface area contributed by atoms with Crippen LogP contribution in [0.2, 0.25) is 0 Å². The van der Waals surface area contributed by atoms with Crippen LogP contribution >= 0.6 is 22.6 Å². The fourth-order valence-electron chi connectivity index (χ4n) is 4.19. The lowest BCUT2D eigenvalue weighted by atomic mass is 10.1. The zero-order valence-corrected chi connectivity index (χ0v) is 20.0. The van der Waals surface area contributed by atoms with Gasteiger partial charge in [0.2, 0.25) is 0 Å². The Morgan fingerprint density at radius 3 is 2.47 bits per heavy atom. The molecule has 0 saturated carbocycles. The molecule has 0 fully saturated rings. The molecule has 0 aliphatic carbocycles. The van der Waals surface area contributed by atoms with E-state index in [-0.39, 0.29) is 12.6 Å². The lowest BCUT2D eigenvalue weighted by Gasteiger charge is -2.08. The minimum absolute atomic E-state index is 0.260. The number of carbonyl (C=O) groups is 1. The predicted molar refractivity (Wildman–Crippen MR) is 135 cm³/mol. The third-order valence-electron chi connectivity index (χ3n) is 5.81. The molecule has 0 bridgehead atoms. The molecular weight excluding hydrogens is 511 g/mol. The van der Waals surface area contributed by atoms with Crippen LogP contribution < -0.4 is 4.57 Å². The summed E-state index contributed by atoms with van der Waals surface area (Å²) in [6, 6.07) is 26.3. The van der Waals surface area contributed by atoms with E-state index in [0.29, 0.717) is 5.56 Å². The van der Waals surface area contributed by atoms with E-state index in [9.17, 15) is 4.79 Å². The molecule has 0 aliphatic heterocycles. The van der Waals surface area contributed by atoms with Gasteiger partial charge in [0.1, 0.15) is 23.8 Å². The number of para-hydroxylation sites is 1. The van der Waals surface area contributed by atoms with Gasteiger partial charge in [-0.25, -0.2) is 9.36 Å². The van der Waals surface area contributed by atoms with Gasteiger partial charge in [-0.3, -0.25) is 0 Å². The first-order valence-electron chi connectivity index (χ1n) is 10.4. The minimum Gasteiger partial charge on any atom is -0.457 e. The summed E-state index contributed by atoms with van der Waals surface area (Å²) in [5.41, 5.74) is 5.07. The number of carbonyl (C=O) groups excluding carboxylic acids is 1. The Labute approximate surface area is 200 Å². The first kappa shape index (κ1) is 20.7. The minimum atomic E-state index is -0.330. The molecule has 158 valence electrons. The first-order chi connectivity index (χ1) is 15.5. The first-order valence-corrected chi connectivity index (χ1v) is 11.5. The Hall–Kier alpha value is -3.19. The van der Waals surface area contributed by atoms with Crippen molar-refractivity contribution < 1.29 is 14.1 Å². The van der Waals surface area contributed by atoms with Gasteiger partial charge >= 0.3 is 5.97 Å². The van der Waals surface area contributed by atoms with Crippen LogP contribution in [0.25, 0.3) is 27.6 Å². The number of ether oxygens (including phenoxy) is 1. The van der Waals surface area contributed by atoms with Crippen molar-refractivity contribution in [2.24, 2.45) is 7.05 Å². The molecule has 0 radical (unpaired) electrons. The fraction of sp³-hybridized carbons (Fsp3) is 0.111. The van der Waals surface area contributed by atoms with Crippen LogP contribution in [0.15, 0.2) is 85.1 Å². The second-order valence-electron chi connectivity index (χ2n) is 7.87. The number of rotatable bonds is 4. The monoisotopic (exact) mass is 533 g/mol. The number of halogens is 1. The summed E-state index contributed by atoms with van der Waals surface area (Å²) in [6.07, 6.45) is 1.84. The molecule has 5 heteroatoms.